The molecule has 0 amide bonds. The predicted molar refractivity (Wildman–Crippen MR) is 82.1 cm³/mol. The molecule has 0 heterocycles. The molecule has 0 aliphatic heterocycles. The number of nitrogens with one attached hydrogen (secondary N) is 1. The Bertz CT molecular complexity index is 427. The quantitative estimate of drug-likeness (QED) is 0.749. The smallest absolute Gasteiger partial charge is 0.123 e. The fourth-order valence-electron chi connectivity index (χ4n) is 2.64. The molecule has 3 heteroatoms. The van der Waals surface area contributed by atoms with E-state index >= 15 is 0 Å². The van der Waals surface area contributed by atoms with Gasteiger partial charge in [-0.2, -0.15) is 0 Å². The summed E-state index contributed by atoms with van der Waals surface area (Å²) in [7, 11) is 0. The van der Waals surface area contributed by atoms with Gasteiger partial charge in [-0.15, -0.1) is 0 Å². The summed E-state index contributed by atoms with van der Waals surface area (Å²) in [6, 6.07) is 10.00. The Kier molecular flexibility index (Phi) is 4.58. The van der Waals surface area contributed by atoms with E-state index < -0.39 is 0 Å². The lowest BCUT2D eigenvalue weighted by atomic mass is 10.2. The summed E-state index contributed by atoms with van der Waals surface area (Å²) in [5.74, 6) is 1.05. The van der Waals surface area contributed by atoms with Crippen molar-refractivity contribution in [2.45, 2.75) is 51.2 Å². The van der Waals surface area contributed by atoms with Crippen LogP contribution in [0, 0.1) is 0 Å². The number of ether oxygens (including phenoxy) is 1. The molecule has 2 fully saturated rings. The van der Waals surface area contributed by atoms with Crippen LogP contribution in [0.15, 0.2) is 24.3 Å². The third kappa shape index (κ3) is 3.97. The fraction of sp³-hybridized carbons (Fsp3) is 0.647. The molecule has 110 valence electrons. The van der Waals surface area contributed by atoms with Gasteiger partial charge in [-0.25, -0.2) is 0 Å². The van der Waals surface area contributed by atoms with Gasteiger partial charge in [0.15, 0.2) is 0 Å². The van der Waals surface area contributed by atoms with E-state index in [0.29, 0.717) is 0 Å². The van der Waals surface area contributed by atoms with E-state index in [9.17, 15) is 0 Å². The molecular weight excluding hydrogens is 248 g/mol. The van der Waals surface area contributed by atoms with Crippen molar-refractivity contribution in [3.8, 4) is 5.75 Å². The second-order valence-corrected chi connectivity index (χ2v) is 5.97. The highest BCUT2D eigenvalue weighted by Crippen LogP contribution is 2.26. The minimum absolute atomic E-state index is 0.744. The number of rotatable bonds is 9. The molecule has 3 rings (SSSR count). The first-order valence-corrected chi connectivity index (χ1v) is 8.05. The van der Waals surface area contributed by atoms with Gasteiger partial charge >= 0.3 is 0 Å². The summed E-state index contributed by atoms with van der Waals surface area (Å²) in [4.78, 5) is 2.53. The van der Waals surface area contributed by atoms with Crippen LogP contribution in [0.3, 0.4) is 0 Å². The van der Waals surface area contributed by atoms with Gasteiger partial charge in [0.2, 0.25) is 0 Å². The number of likely N-dealkylation sites (N-methyl/N-ethyl adjacent to an activating group) is 1. The molecule has 1 aromatic carbocycles. The Morgan fingerprint density at radius 1 is 1.20 bits per heavy atom. The van der Waals surface area contributed by atoms with Gasteiger partial charge in [0.25, 0.3) is 0 Å². The fourth-order valence-corrected chi connectivity index (χ4v) is 2.64. The molecule has 3 nitrogen and oxygen atoms in total. The van der Waals surface area contributed by atoms with Gasteiger partial charge in [0.1, 0.15) is 12.4 Å². The van der Waals surface area contributed by atoms with E-state index in [2.05, 4.69) is 41.4 Å². The Morgan fingerprint density at radius 2 is 2.00 bits per heavy atom. The molecule has 0 aromatic heterocycles. The average molecular weight is 274 g/mol. The summed E-state index contributed by atoms with van der Waals surface area (Å²) in [6.45, 7) is 6.15. The zero-order valence-corrected chi connectivity index (χ0v) is 12.5. The molecule has 0 atom stereocenters. The van der Waals surface area contributed by atoms with Crippen molar-refractivity contribution in [3.05, 3.63) is 29.8 Å². The lowest BCUT2D eigenvalue weighted by molar-refractivity contribution is 0.208. The summed E-state index contributed by atoms with van der Waals surface area (Å²) >= 11 is 0. The standard InChI is InChI=1S/C17H26N2O/c1-2-19(16-9-10-16)11-12-20-17-6-4-3-5-14(17)13-18-15-7-8-15/h3-6,15-16,18H,2,7-13H2,1H3. The average Bonchev–Trinajstić information content (AvgIpc) is 3.36. The number of hydrogen-bond donors (Lipinski definition) is 1. The zero-order valence-electron chi connectivity index (χ0n) is 12.5. The van der Waals surface area contributed by atoms with Crippen molar-refractivity contribution in [2.75, 3.05) is 19.7 Å². The van der Waals surface area contributed by atoms with Gasteiger partial charge in [-0.3, -0.25) is 4.90 Å². The van der Waals surface area contributed by atoms with Crippen LogP contribution in [0.4, 0.5) is 0 Å². The molecule has 0 radical (unpaired) electrons. The van der Waals surface area contributed by atoms with Gasteiger partial charge in [-0.1, -0.05) is 25.1 Å². The van der Waals surface area contributed by atoms with Crippen molar-refractivity contribution < 1.29 is 4.74 Å². The molecule has 2 aliphatic carbocycles. The highest BCUT2D eigenvalue weighted by atomic mass is 16.5. The number of para-hydroxylation sites is 1. The number of hydrogen-bond acceptors (Lipinski definition) is 3. The molecular formula is C17H26N2O. The molecule has 0 bridgehead atoms. The molecule has 0 unspecified atom stereocenters. The highest BCUT2D eigenvalue weighted by molar-refractivity contribution is 5.33. The lowest BCUT2D eigenvalue weighted by Gasteiger charge is -2.20. The summed E-state index contributed by atoms with van der Waals surface area (Å²) in [5, 5.41) is 3.56. The van der Waals surface area contributed by atoms with Crippen molar-refractivity contribution in [1.29, 1.82) is 0 Å². The SMILES string of the molecule is CCN(CCOc1ccccc1CNC1CC1)C1CC1. The van der Waals surface area contributed by atoms with E-state index in [1.165, 1.54) is 31.2 Å². The van der Waals surface area contributed by atoms with E-state index in [1.54, 1.807) is 0 Å². The summed E-state index contributed by atoms with van der Waals surface area (Å²) < 4.78 is 6.02. The molecule has 20 heavy (non-hydrogen) atoms. The van der Waals surface area contributed by atoms with Gasteiger partial charge in [0.05, 0.1) is 0 Å². The third-order valence-corrected chi connectivity index (χ3v) is 4.24. The Labute approximate surface area is 122 Å². The Hall–Kier alpha value is -1.06. The van der Waals surface area contributed by atoms with Crippen LogP contribution >= 0.6 is 0 Å². The van der Waals surface area contributed by atoms with Crippen LogP contribution in [-0.4, -0.2) is 36.7 Å². The van der Waals surface area contributed by atoms with Crippen LogP contribution in [0.5, 0.6) is 5.75 Å². The topological polar surface area (TPSA) is 24.5 Å². The number of nitrogens with zero attached hydrogens (tertiary/aromatic N) is 1. The van der Waals surface area contributed by atoms with Crippen molar-refractivity contribution in [1.82, 2.24) is 10.2 Å². The van der Waals surface area contributed by atoms with Crippen molar-refractivity contribution >= 4 is 0 Å². The largest absolute Gasteiger partial charge is 0.492 e. The first kappa shape index (κ1) is 13.9. The molecule has 2 aliphatic rings. The second kappa shape index (κ2) is 6.59. The van der Waals surface area contributed by atoms with Crippen LogP contribution in [0.25, 0.3) is 0 Å². The van der Waals surface area contributed by atoms with E-state index in [4.69, 9.17) is 4.74 Å². The minimum atomic E-state index is 0.744. The maximum absolute atomic E-state index is 6.02. The molecule has 1 aromatic rings. The monoisotopic (exact) mass is 274 g/mol. The number of benzene rings is 1. The minimum Gasteiger partial charge on any atom is -0.492 e. The Morgan fingerprint density at radius 3 is 2.70 bits per heavy atom. The van der Waals surface area contributed by atoms with Crippen LogP contribution in [0.2, 0.25) is 0 Å². The summed E-state index contributed by atoms with van der Waals surface area (Å²) in [5.41, 5.74) is 1.29. The first-order valence-electron chi connectivity index (χ1n) is 8.05. The van der Waals surface area contributed by atoms with Crippen molar-refractivity contribution in [2.24, 2.45) is 0 Å². The zero-order chi connectivity index (χ0) is 13.8. The third-order valence-electron chi connectivity index (χ3n) is 4.24. The maximum atomic E-state index is 6.02. The Balaban J connectivity index is 1.47. The highest BCUT2D eigenvalue weighted by Gasteiger charge is 2.27. The lowest BCUT2D eigenvalue weighted by Crippen LogP contribution is -2.30. The van der Waals surface area contributed by atoms with E-state index in [-0.39, 0.29) is 0 Å². The van der Waals surface area contributed by atoms with E-state index in [0.717, 1.165) is 44.1 Å². The van der Waals surface area contributed by atoms with Crippen molar-refractivity contribution in [3.63, 3.8) is 0 Å². The van der Waals surface area contributed by atoms with Crippen LogP contribution in [-0.2, 0) is 6.54 Å². The second-order valence-electron chi connectivity index (χ2n) is 5.97. The molecule has 0 saturated heterocycles. The van der Waals surface area contributed by atoms with Crippen LogP contribution in [0.1, 0.15) is 38.2 Å². The van der Waals surface area contributed by atoms with Gasteiger partial charge < -0.3 is 10.1 Å². The molecule has 2 saturated carbocycles. The maximum Gasteiger partial charge on any atom is 0.123 e. The summed E-state index contributed by atoms with van der Waals surface area (Å²) in [6.07, 6.45) is 5.40. The molecule has 1 N–H and O–H groups in total. The van der Waals surface area contributed by atoms with E-state index in [1.807, 2.05) is 0 Å². The van der Waals surface area contributed by atoms with Gasteiger partial charge in [0, 0.05) is 30.7 Å². The predicted octanol–water partition coefficient (Wildman–Crippen LogP) is 2.80. The van der Waals surface area contributed by atoms with Gasteiger partial charge in [-0.05, 0) is 38.3 Å². The van der Waals surface area contributed by atoms with Crippen LogP contribution < -0.4 is 10.1 Å². The first-order chi connectivity index (χ1) is 9.86. The normalized spacial score (nSPS) is 18.5. The molecule has 0 spiro atoms.